The molecule has 26 heavy (non-hydrogen) atoms. The van der Waals surface area contributed by atoms with Gasteiger partial charge in [0.1, 0.15) is 0 Å². The van der Waals surface area contributed by atoms with Crippen molar-refractivity contribution in [2.45, 2.75) is 24.7 Å². The lowest BCUT2D eigenvalue weighted by Crippen LogP contribution is -2.38. The number of amides is 1. The number of ketones is 1. The van der Waals surface area contributed by atoms with E-state index in [9.17, 15) is 18.0 Å². The largest absolute Gasteiger partial charge is 0.315 e. The fourth-order valence-corrected chi connectivity index (χ4v) is 5.24. The Bertz CT molecular complexity index is 1060. The zero-order valence-electron chi connectivity index (χ0n) is 14.5. The number of carbonyl (C=O) groups is 2. The highest BCUT2D eigenvalue weighted by molar-refractivity contribution is 7.92. The summed E-state index contributed by atoms with van der Waals surface area (Å²) < 4.78 is 27.9. The van der Waals surface area contributed by atoms with Crippen LogP contribution in [-0.2, 0) is 21.2 Å². The molecule has 0 spiro atoms. The molecule has 134 valence electrons. The number of nitrogens with zero attached hydrogens (tertiary/aromatic N) is 2. The van der Waals surface area contributed by atoms with E-state index >= 15 is 0 Å². The van der Waals surface area contributed by atoms with E-state index in [1.54, 1.807) is 44.3 Å². The zero-order valence-corrected chi connectivity index (χ0v) is 15.3. The van der Waals surface area contributed by atoms with Crippen LogP contribution in [0.15, 0.2) is 41.3 Å². The Hall–Kier alpha value is -2.67. The van der Waals surface area contributed by atoms with Crippen molar-refractivity contribution in [1.82, 2.24) is 0 Å². The molecule has 0 aromatic heterocycles. The first-order valence-electron chi connectivity index (χ1n) is 8.36. The van der Waals surface area contributed by atoms with Gasteiger partial charge in [-0.2, -0.15) is 0 Å². The second-order valence-electron chi connectivity index (χ2n) is 6.64. The second kappa shape index (κ2) is 5.67. The Morgan fingerprint density at radius 3 is 2.62 bits per heavy atom. The number of carbonyl (C=O) groups excluding carboxylic acids is 2. The molecule has 6 nitrogen and oxygen atoms in total. The number of likely N-dealkylation sites (N-methyl/N-ethyl adjacent to an activating group) is 1. The Morgan fingerprint density at radius 2 is 1.85 bits per heavy atom. The van der Waals surface area contributed by atoms with Gasteiger partial charge >= 0.3 is 0 Å². The second-order valence-corrected chi connectivity index (χ2v) is 8.50. The molecule has 0 atom stereocenters. The molecule has 2 heterocycles. The van der Waals surface area contributed by atoms with Crippen molar-refractivity contribution >= 4 is 33.1 Å². The lowest BCUT2D eigenvalue weighted by atomic mass is 9.99. The first kappa shape index (κ1) is 16.8. The maximum atomic E-state index is 13.3. The van der Waals surface area contributed by atoms with E-state index in [1.807, 2.05) is 0 Å². The molecule has 0 saturated carbocycles. The van der Waals surface area contributed by atoms with Crippen molar-refractivity contribution < 1.29 is 18.0 Å². The van der Waals surface area contributed by atoms with Gasteiger partial charge in [-0.3, -0.25) is 13.9 Å². The number of sulfonamides is 1. The average Bonchev–Trinajstić information content (AvgIpc) is 2.89. The third-order valence-corrected chi connectivity index (χ3v) is 6.84. The summed E-state index contributed by atoms with van der Waals surface area (Å²) >= 11 is 0. The van der Waals surface area contributed by atoms with Gasteiger partial charge in [0.25, 0.3) is 10.0 Å². The summed E-state index contributed by atoms with van der Waals surface area (Å²) in [5.74, 6) is -0.101. The van der Waals surface area contributed by atoms with Crippen molar-refractivity contribution in [3.63, 3.8) is 0 Å². The maximum absolute atomic E-state index is 13.3. The van der Waals surface area contributed by atoms with E-state index in [1.165, 1.54) is 15.3 Å². The van der Waals surface area contributed by atoms with E-state index in [0.717, 1.165) is 11.3 Å². The molecule has 1 amide bonds. The molecule has 7 heteroatoms. The number of hydrogen-bond donors (Lipinski definition) is 0. The number of anilines is 2. The highest BCUT2D eigenvalue weighted by Crippen LogP contribution is 2.36. The topological polar surface area (TPSA) is 74.8 Å². The SMILES string of the molecule is Cc1cccc2c1N(S(=O)(=O)c1ccc3c(c1)CC(=O)N3C)CCC2=O. The molecule has 2 aromatic carbocycles. The Balaban J connectivity index is 1.83. The van der Waals surface area contributed by atoms with Crippen LogP contribution in [0.4, 0.5) is 11.4 Å². The quantitative estimate of drug-likeness (QED) is 0.813. The molecule has 0 N–H and O–H groups in total. The molecule has 0 radical (unpaired) electrons. The van der Waals surface area contributed by atoms with Crippen LogP contribution in [0.3, 0.4) is 0 Å². The molecule has 0 aliphatic carbocycles. The third-order valence-electron chi connectivity index (χ3n) is 5.05. The van der Waals surface area contributed by atoms with Crippen LogP contribution < -0.4 is 9.21 Å². The van der Waals surface area contributed by atoms with Crippen LogP contribution in [0.25, 0.3) is 0 Å². The van der Waals surface area contributed by atoms with Gasteiger partial charge in [0.05, 0.1) is 17.0 Å². The summed E-state index contributed by atoms with van der Waals surface area (Å²) in [6.45, 7) is 1.92. The van der Waals surface area contributed by atoms with Crippen molar-refractivity contribution in [3.8, 4) is 0 Å². The fourth-order valence-electron chi connectivity index (χ4n) is 3.64. The van der Waals surface area contributed by atoms with E-state index in [0.29, 0.717) is 16.8 Å². The first-order valence-corrected chi connectivity index (χ1v) is 9.80. The number of Topliss-reactive ketones (excluding diaryl/α,β-unsaturated/α-hetero) is 1. The van der Waals surface area contributed by atoms with Crippen molar-refractivity contribution in [2.24, 2.45) is 0 Å². The van der Waals surface area contributed by atoms with Crippen molar-refractivity contribution in [3.05, 3.63) is 53.1 Å². The monoisotopic (exact) mass is 370 g/mol. The summed E-state index contributed by atoms with van der Waals surface area (Å²) in [5.41, 5.74) is 3.08. The standard InChI is InChI=1S/C19H18N2O4S/c1-12-4-3-5-15-17(22)8-9-21(19(12)15)26(24,25)14-6-7-16-13(10-14)11-18(23)20(16)2/h3-7,10H,8-9,11H2,1-2H3. The molecular weight excluding hydrogens is 352 g/mol. The summed E-state index contributed by atoms with van der Waals surface area (Å²) in [6.07, 6.45) is 0.352. The van der Waals surface area contributed by atoms with Crippen LogP contribution in [0.1, 0.15) is 27.9 Å². The average molecular weight is 370 g/mol. The Kier molecular flexibility index (Phi) is 3.66. The predicted molar refractivity (Wildman–Crippen MR) is 98.2 cm³/mol. The summed E-state index contributed by atoms with van der Waals surface area (Å²) in [5, 5.41) is 0. The summed E-state index contributed by atoms with van der Waals surface area (Å²) in [7, 11) is -2.15. The minimum Gasteiger partial charge on any atom is -0.315 e. The Morgan fingerprint density at radius 1 is 1.08 bits per heavy atom. The van der Waals surface area contributed by atoms with Crippen LogP contribution in [0.5, 0.6) is 0 Å². The van der Waals surface area contributed by atoms with Crippen LogP contribution in [-0.4, -0.2) is 33.7 Å². The molecule has 2 aliphatic rings. The number of para-hydroxylation sites is 1. The molecule has 4 rings (SSSR count). The number of rotatable bonds is 2. The van der Waals surface area contributed by atoms with E-state index in [-0.39, 0.29) is 36.0 Å². The molecule has 0 fully saturated rings. The lowest BCUT2D eigenvalue weighted by Gasteiger charge is -2.31. The molecular formula is C19H18N2O4S. The lowest BCUT2D eigenvalue weighted by molar-refractivity contribution is -0.117. The number of aryl methyl sites for hydroxylation is 1. The van der Waals surface area contributed by atoms with E-state index in [4.69, 9.17) is 0 Å². The van der Waals surface area contributed by atoms with Crippen LogP contribution in [0.2, 0.25) is 0 Å². The van der Waals surface area contributed by atoms with Gasteiger partial charge in [-0.25, -0.2) is 8.42 Å². The molecule has 0 saturated heterocycles. The maximum Gasteiger partial charge on any atom is 0.264 e. The van der Waals surface area contributed by atoms with E-state index in [2.05, 4.69) is 0 Å². The number of benzene rings is 2. The number of fused-ring (bicyclic) bond motifs is 2. The van der Waals surface area contributed by atoms with Crippen LogP contribution >= 0.6 is 0 Å². The van der Waals surface area contributed by atoms with Gasteiger partial charge < -0.3 is 4.90 Å². The summed E-state index contributed by atoms with van der Waals surface area (Å²) in [6, 6.07) is 10.00. The van der Waals surface area contributed by atoms with E-state index < -0.39 is 10.0 Å². The highest BCUT2D eigenvalue weighted by Gasteiger charge is 2.34. The van der Waals surface area contributed by atoms with Gasteiger partial charge in [0.15, 0.2) is 5.78 Å². The highest BCUT2D eigenvalue weighted by atomic mass is 32.2. The predicted octanol–water partition coefficient (Wildman–Crippen LogP) is 2.30. The van der Waals surface area contributed by atoms with Gasteiger partial charge in [-0.15, -0.1) is 0 Å². The minimum absolute atomic E-state index is 0.0451. The van der Waals surface area contributed by atoms with Gasteiger partial charge in [-0.1, -0.05) is 12.1 Å². The molecule has 0 bridgehead atoms. The van der Waals surface area contributed by atoms with Gasteiger partial charge in [0, 0.05) is 31.3 Å². The van der Waals surface area contributed by atoms with Crippen molar-refractivity contribution in [1.29, 1.82) is 0 Å². The summed E-state index contributed by atoms with van der Waals surface area (Å²) in [4.78, 5) is 25.7. The first-order chi connectivity index (χ1) is 12.3. The zero-order chi connectivity index (χ0) is 18.6. The third kappa shape index (κ3) is 2.34. The van der Waals surface area contributed by atoms with Gasteiger partial charge in [-0.05, 0) is 42.3 Å². The molecule has 2 aromatic rings. The Labute approximate surface area is 152 Å². The smallest absolute Gasteiger partial charge is 0.264 e. The fraction of sp³-hybridized carbons (Fsp3) is 0.263. The van der Waals surface area contributed by atoms with Crippen LogP contribution in [0, 0.1) is 6.92 Å². The van der Waals surface area contributed by atoms with Gasteiger partial charge in [0.2, 0.25) is 5.91 Å². The van der Waals surface area contributed by atoms with Crippen molar-refractivity contribution in [2.75, 3.05) is 22.8 Å². The number of hydrogen-bond acceptors (Lipinski definition) is 4. The molecule has 2 aliphatic heterocycles. The molecule has 0 unspecified atom stereocenters. The normalized spacial score (nSPS) is 16.7. The minimum atomic E-state index is -3.83.